The van der Waals surface area contributed by atoms with Gasteiger partial charge in [0.2, 0.25) is 0 Å². The molecule has 0 aliphatic carbocycles. The van der Waals surface area contributed by atoms with Crippen LogP contribution in [-0.2, 0) is 11.2 Å². The van der Waals surface area contributed by atoms with Gasteiger partial charge >= 0.3 is 0 Å². The Bertz CT molecular complexity index is 339. The van der Waals surface area contributed by atoms with Crippen LogP contribution < -0.4 is 0 Å². The molecule has 0 spiro atoms. The van der Waals surface area contributed by atoms with E-state index in [0.717, 1.165) is 13.0 Å². The standard InChI is InChI=1S/C13H18O2/c1-13(2,14)9-12-11-6-4-3-5-10(11)7-8-15-12/h3-6,12,14H,7-9H2,1-2H3. The SMILES string of the molecule is CC(C)(O)CC1OCCc2ccccc21. The van der Waals surface area contributed by atoms with Gasteiger partial charge in [-0.2, -0.15) is 0 Å². The molecule has 0 saturated carbocycles. The van der Waals surface area contributed by atoms with E-state index in [4.69, 9.17) is 4.74 Å². The van der Waals surface area contributed by atoms with Gasteiger partial charge in [-0.15, -0.1) is 0 Å². The first-order valence-electron chi connectivity index (χ1n) is 5.48. The minimum atomic E-state index is -0.672. The van der Waals surface area contributed by atoms with Gasteiger partial charge in [-0.25, -0.2) is 0 Å². The highest BCUT2D eigenvalue weighted by Crippen LogP contribution is 2.32. The van der Waals surface area contributed by atoms with Crippen LogP contribution in [0.25, 0.3) is 0 Å². The Labute approximate surface area is 90.9 Å². The van der Waals surface area contributed by atoms with E-state index in [-0.39, 0.29) is 6.10 Å². The molecule has 1 unspecified atom stereocenters. The van der Waals surface area contributed by atoms with E-state index in [9.17, 15) is 5.11 Å². The molecule has 2 nitrogen and oxygen atoms in total. The van der Waals surface area contributed by atoms with Crippen LogP contribution in [0.3, 0.4) is 0 Å². The van der Waals surface area contributed by atoms with Crippen LogP contribution in [0.1, 0.15) is 37.5 Å². The van der Waals surface area contributed by atoms with Gasteiger partial charge in [0.1, 0.15) is 0 Å². The van der Waals surface area contributed by atoms with Crippen LogP contribution in [0.2, 0.25) is 0 Å². The average molecular weight is 206 g/mol. The van der Waals surface area contributed by atoms with Gasteiger partial charge in [0.15, 0.2) is 0 Å². The van der Waals surface area contributed by atoms with Gasteiger partial charge < -0.3 is 9.84 Å². The van der Waals surface area contributed by atoms with Crippen LogP contribution in [-0.4, -0.2) is 17.3 Å². The molecule has 1 heterocycles. The number of benzene rings is 1. The summed E-state index contributed by atoms with van der Waals surface area (Å²) in [4.78, 5) is 0. The first-order chi connectivity index (χ1) is 7.06. The Balaban J connectivity index is 2.22. The number of fused-ring (bicyclic) bond motifs is 1. The molecular formula is C13H18O2. The summed E-state index contributed by atoms with van der Waals surface area (Å²) in [5.41, 5.74) is 1.93. The Hall–Kier alpha value is -0.860. The Morgan fingerprint density at radius 2 is 2.13 bits per heavy atom. The van der Waals surface area contributed by atoms with Crippen molar-refractivity contribution in [2.24, 2.45) is 0 Å². The van der Waals surface area contributed by atoms with Crippen LogP contribution in [0, 0.1) is 0 Å². The van der Waals surface area contributed by atoms with Crippen LogP contribution >= 0.6 is 0 Å². The van der Waals surface area contributed by atoms with E-state index in [1.54, 1.807) is 0 Å². The number of rotatable bonds is 2. The third kappa shape index (κ3) is 2.58. The van der Waals surface area contributed by atoms with Gasteiger partial charge in [0, 0.05) is 6.42 Å². The van der Waals surface area contributed by atoms with E-state index in [1.165, 1.54) is 11.1 Å². The molecule has 15 heavy (non-hydrogen) atoms. The Kier molecular flexibility index (Phi) is 2.81. The maximum absolute atomic E-state index is 9.82. The monoisotopic (exact) mass is 206 g/mol. The van der Waals surface area contributed by atoms with Crippen LogP contribution in [0.15, 0.2) is 24.3 Å². The molecule has 1 aliphatic rings. The highest BCUT2D eigenvalue weighted by Gasteiger charge is 2.26. The lowest BCUT2D eigenvalue weighted by Crippen LogP contribution is -2.26. The zero-order chi connectivity index (χ0) is 10.9. The van der Waals surface area contributed by atoms with E-state index in [1.807, 2.05) is 19.9 Å². The summed E-state index contributed by atoms with van der Waals surface area (Å²) in [6.45, 7) is 4.42. The van der Waals surface area contributed by atoms with Gasteiger partial charge in [0.25, 0.3) is 0 Å². The Morgan fingerprint density at radius 1 is 1.40 bits per heavy atom. The molecule has 2 rings (SSSR count). The van der Waals surface area contributed by atoms with Crippen molar-refractivity contribution in [1.82, 2.24) is 0 Å². The summed E-state index contributed by atoms with van der Waals surface area (Å²) >= 11 is 0. The molecular weight excluding hydrogens is 188 g/mol. The summed E-state index contributed by atoms with van der Waals surface area (Å²) in [7, 11) is 0. The predicted octanol–water partition coefficient (Wildman–Crippen LogP) is 2.46. The molecule has 2 heteroatoms. The highest BCUT2D eigenvalue weighted by molar-refractivity contribution is 5.31. The largest absolute Gasteiger partial charge is 0.390 e. The van der Waals surface area contributed by atoms with Crippen LogP contribution in [0.5, 0.6) is 0 Å². The summed E-state index contributed by atoms with van der Waals surface area (Å²) in [5, 5.41) is 9.82. The second-order valence-corrected chi connectivity index (χ2v) is 4.82. The lowest BCUT2D eigenvalue weighted by molar-refractivity contribution is -0.0278. The molecule has 0 radical (unpaired) electrons. The molecule has 82 valence electrons. The second kappa shape index (κ2) is 3.95. The topological polar surface area (TPSA) is 29.5 Å². The maximum atomic E-state index is 9.82. The normalized spacial score (nSPS) is 21.1. The maximum Gasteiger partial charge on any atom is 0.0854 e. The zero-order valence-corrected chi connectivity index (χ0v) is 9.36. The number of aliphatic hydroxyl groups is 1. The number of hydrogen-bond donors (Lipinski definition) is 1. The Morgan fingerprint density at radius 3 is 2.87 bits per heavy atom. The fourth-order valence-corrected chi connectivity index (χ4v) is 2.10. The van der Waals surface area contributed by atoms with Gasteiger partial charge in [-0.3, -0.25) is 0 Å². The molecule has 1 aromatic rings. The molecule has 0 bridgehead atoms. The second-order valence-electron chi connectivity index (χ2n) is 4.82. The van der Waals surface area contributed by atoms with Crippen molar-refractivity contribution in [2.75, 3.05) is 6.61 Å². The fraction of sp³-hybridized carbons (Fsp3) is 0.538. The molecule has 0 amide bonds. The van der Waals surface area contributed by atoms with Gasteiger partial charge in [-0.05, 0) is 31.4 Å². The summed E-state index contributed by atoms with van der Waals surface area (Å²) < 4.78 is 5.72. The third-order valence-electron chi connectivity index (χ3n) is 2.78. The zero-order valence-electron chi connectivity index (χ0n) is 9.36. The van der Waals surface area contributed by atoms with Gasteiger partial charge in [-0.1, -0.05) is 24.3 Å². The molecule has 0 saturated heterocycles. The van der Waals surface area contributed by atoms with Crippen molar-refractivity contribution in [1.29, 1.82) is 0 Å². The number of hydrogen-bond acceptors (Lipinski definition) is 2. The molecule has 0 aromatic heterocycles. The molecule has 0 fully saturated rings. The van der Waals surface area contributed by atoms with Crippen LogP contribution in [0.4, 0.5) is 0 Å². The summed E-state index contributed by atoms with van der Waals surface area (Å²) in [6, 6.07) is 8.34. The smallest absolute Gasteiger partial charge is 0.0854 e. The lowest BCUT2D eigenvalue weighted by atomic mass is 9.90. The van der Waals surface area contributed by atoms with E-state index in [2.05, 4.69) is 18.2 Å². The quantitative estimate of drug-likeness (QED) is 0.805. The third-order valence-corrected chi connectivity index (χ3v) is 2.78. The first kappa shape index (κ1) is 10.7. The van der Waals surface area contributed by atoms with E-state index >= 15 is 0 Å². The van der Waals surface area contributed by atoms with Crippen molar-refractivity contribution in [2.45, 2.75) is 38.4 Å². The predicted molar refractivity (Wildman–Crippen MR) is 59.8 cm³/mol. The van der Waals surface area contributed by atoms with Gasteiger partial charge in [0.05, 0.1) is 18.3 Å². The molecule has 1 aromatic carbocycles. The van der Waals surface area contributed by atoms with Crippen molar-refractivity contribution < 1.29 is 9.84 Å². The van der Waals surface area contributed by atoms with E-state index in [0.29, 0.717) is 6.42 Å². The average Bonchev–Trinajstić information content (AvgIpc) is 2.16. The number of ether oxygens (including phenoxy) is 1. The molecule has 1 aliphatic heterocycles. The van der Waals surface area contributed by atoms with Crippen molar-refractivity contribution in [3.63, 3.8) is 0 Å². The summed E-state index contributed by atoms with van der Waals surface area (Å²) in [5.74, 6) is 0. The van der Waals surface area contributed by atoms with E-state index < -0.39 is 5.60 Å². The molecule has 1 atom stereocenters. The highest BCUT2D eigenvalue weighted by atomic mass is 16.5. The fourth-order valence-electron chi connectivity index (χ4n) is 2.10. The minimum Gasteiger partial charge on any atom is -0.390 e. The van der Waals surface area contributed by atoms with Crippen molar-refractivity contribution in [3.8, 4) is 0 Å². The lowest BCUT2D eigenvalue weighted by Gasteiger charge is -2.30. The van der Waals surface area contributed by atoms with Crippen molar-refractivity contribution in [3.05, 3.63) is 35.4 Å². The molecule has 1 N–H and O–H groups in total. The summed E-state index contributed by atoms with van der Waals surface area (Å²) in [6.07, 6.45) is 1.69. The van der Waals surface area contributed by atoms with Crippen molar-refractivity contribution >= 4 is 0 Å². The minimum absolute atomic E-state index is 0.0509. The first-order valence-corrected chi connectivity index (χ1v) is 5.48.